The summed E-state index contributed by atoms with van der Waals surface area (Å²) in [6, 6.07) is 30.5. The van der Waals surface area contributed by atoms with E-state index in [9.17, 15) is 0 Å². The maximum Gasteiger partial charge on any atom is 0.0954 e. The van der Waals surface area contributed by atoms with Gasteiger partial charge in [-0.05, 0) is 28.8 Å². The third-order valence-electron chi connectivity index (χ3n) is 3.89. The lowest BCUT2D eigenvalue weighted by Crippen LogP contribution is -2.27. The van der Waals surface area contributed by atoms with Crippen molar-refractivity contribution < 1.29 is 0 Å². The van der Waals surface area contributed by atoms with E-state index in [1.54, 1.807) is 0 Å². The molecule has 0 aliphatic carbocycles. The second-order valence-corrected chi connectivity index (χ2v) is 6.33. The topological polar surface area (TPSA) is 0 Å². The second kappa shape index (κ2) is 4.53. The molecule has 0 saturated carbocycles. The van der Waals surface area contributed by atoms with Crippen molar-refractivity contribution in [1.29, 1.82) is 0 Å². The first kappa shape index (κ1) is 11.8. The van der Waals surface area contributed by atoms with Crippen LogP contribution in [-0.2, 0) is 4.75 Å². The molecule has 2 heterocycles. The molecule has 3 aromatic carbocycles. The van der Waals surface area contributed by atoms with Crippen LogP contribution < -0.4 is 0 Å². The number of fused-ring (bicyclic) bond motifs is 3. The Hall–Kier alpha value is -1.99. The van der Waals surface area contributed by atoms with Crippen molar-refractivity contribution in [2.24, 2.45) is 0 Å². The van der Waals surface area contributed by atoms with Crippen molar-refractivity contribution in [2.45, 2.75) is 9.64 Å². The van der Waals surface area contributed by atoms with Gasteiger partial charge in [-0.2, -0.15) is 0 Å². The average molecular weight is 274 g/mol. The molecule has 0 fully saturated rings. The van der Waals surface area contributed by atoms with Crippen LogP contribution in [0.15, 0.2) is 89.8 Å². The zero-order chi connectivity index (χ0) is 13.4. The van der Waals surface area contributed by atoms with Gasteiger partial charge >= 0.3 is 0 Å². The summed E-state index contributed by atoms with van der Waals surface area (Å²) in [7, 11) is 0. The molecule has 96 valence electrons. The lowest BCUT2D eigenvalue weighted by Gasteiger charge is -2.38. The number of hydrogen-bond acceptors (Lipinski definition) is 1. The quantitative estimate of drug-likeness (QED) is 0.627. The molecular formula is C19H14S. The Labute approximate surface area is 123 Å². The van der Waals surface area contributed by atoms with E-state index >= 15 is 0 Å². The van der Waals surface area contributed by atoms with Crippen molar-refractivity contribution in [3.63, 3.8) is 0 Å². The maximum absolute atomic E-state index is 2.26. The summed E-state index contributed by atoms with van der Waals surface area (Å²) in [6.07, 6.45) is 0. The van der Waals surface area contributed by atoms with Crippen molar-refractivity contribution in [3.8, 4) is 0 Å². The molecular weight excluding hydrogens is 260 g/mol. The predicted octanol–water partition coefficient (Wildman–Crippen LogP) is 5.08. The molecule has 0 radical (unpaired) electrons. The van der Waals surface area contributed by atoms with Gasteiger partial charge in [-0.25, -0.2) is 0 Å². The van der Waals surface area contributed by atoms with Gasteiger partial charge in [0.25, 0.3) is 0 Å². The zero-order valence-electron chi connectivity index (χ0n) is 11.0. The normalized spacial score (nSPS) is 15.2. The fourth-order valence-corrected chi connectivity index (χ4v) is 4.34. The number of rotatable bonds is 2. The minimum Gasteiger partial charge on any atom is -0.105 e. The van der Waals surface area contributed by atoms with Gasteiger partial charge in [0.05, 0.1) is 4.75 Å². The molecule has 2 aliphatic rings. The van der Waals surface area contributed by atoms with Crippen LogP contribution in [-0.4, -0.2) is 0 Å². The molecule has 0 unspecified atom stereocenters. The molecule has 5 rings (SSSR count). The number of thioether (sulfide) groups is 1. The van der Waals surface area contributed by atoms with Crippen LogP contribution in [0.3, 0.4) is 0 Å². The average Bonchev–Trinajstić information content (AvgIpc) is 2.57. The lowest BCUT2D eigenvalue weighted by molar-refractivity contribution is 0.878. The second-order valence-electron chi connectivity index (χ2n) is 5.04. The summed E-state index contributed by atoms with van der Waals surface area (Å²) in [5.41, 5.74) is 4.05. The first-order valence-corrected chi connectivity index (χ1v) is 7.62. The molecule has 0 amide bonds. The highest BCUT2D eigenvalue weighted by molar-refractivity contribution is 8.00. The highest BCUT2D eigenvalue weighted by Crippen LogP contribution is 2.54. The number of hydrogen-bond donors (Lipinski definition) is 0. The van der Waals surface area contributed by atoms with E-state index in [2.05, 4.69) is 84.9 Å². The van der Waals surface area contributed by atoms with E-state index < -0.39 is 0 Å². The summed E-state index contributed by atoms with van der Waals surface area (Å²) in [5.74, 6) is 0. The van der Waals surface area contributed by atoms with Crippen LogP contribution in [0.4, 0.5) is 0 Å². The van der Waals surface area contributed by atoms with E-state index in [0.29, 0.717) is 0 Å². The van der Waals surface area contributed by atoms with Crippen LogP contribution >= 0.6 is 11.8 Å². The monoisotopic (exact) mass is 274 g/mol. The molecule has 0 saturated heterocycles. The van der Waals surface area contributed by atoms with Gasteiger partial charge in [-0.3, -0.25) is 0 Å². The third kappa shape index (κ3) is 1.63. The Balaban J connectivity index is 2.02. The summed E-state index contributed by atoms with van der Waals surface area (Å²) < 4.78 is -0.0959. The fourth-order valence-electron chi connectivity index (χ4n) is 2.96. The van der Waals surface area contributed by atoms with Crippen LogP contribution in [0, 0.1) is 0 Å². The third-order valence-corrected chi connectivity index (χ3v) is 5.41. The molecule has 0 spiro atoms. The van der Waals surface area contributed by atoms with Crippen molar-refractivity contribution in [3.05, 3.63) is 102 Å². The molecule has 20 heavy (non-hydrogen) atoms. The SMILES string of the molecule is c1ccc(C2(c3ccccc3)Sc3ccc2cc3)cc1. The molecule has 0 atom stereocenters. The molecule has 2 bridgehead atoms. The van der Waals surface area contributed by atoms with E-state index in [0.717, 1.165) is 0 Å². The minimum absolute atomic E-state index is 0.0959. The Morgan fingerprint density at radius 2 is 0.950 bits per heavy atom. The van der Waals surface area contributed by atoms with Crippen molar-refractivity contribution in [1.82, 2.24) is 0 Å². The first-order chi connectivity index (χ1) is 9.89. The van der Waals surface area contributed by atoms with E-state index in [1.165, 1.54) is 21.6 Å². The minimum atomic E-state index is -0.0959. The smallest absolute Gasteiger partial charge is 0.0954 e. The van der Waals surface area contributed by atoms with Gasteiger partial charge in [0.15, 0.2) is 0 Å². The standard InChI is InChI=1S/C19H14S/c1-3-7-15(8-4-1)19(16-9-5-2-6-10-16)17-11-13-18(20-19)14-12-17/h1-14H. The molecule has 2 aliphatic heterocycles. The summed E-state index contributed by atoms with van der Waals surface area (Å²) >= 11 is 1.94. The largest absolute Gasteiger partial charge is 0.105 e. The van der Waals surface area contributed by atoms with Gasteiger partial charge < -0.3 is 0 Å². The Morgan fingerprint density at radius 3 is 1.35 bits per heavy atom. The fraction of sp³-hybridized carbons (Fsp3) is 0.0526. The Bertz CT molecular complexity index is 675. The van der Waals surface area contributed by atoms with Gasteiger partial charge in [-0.15, -0.1) is 11.8 Å². The molecule has 1 heteroatoms. The summed E-state index contributed by atoms with van der Waals surface area (Å²) in [6.45, 7) is 0. The first-order valence-electron chi connectivity index (χ1n) is 6.80. The van der Waals surface area contributed by atoms with Gasteiger partial charge in [0, 0.05) is 4.90 Å². The molecule has 0 aromatic heterocycles. The van der Waals surface area contributed by atoms with E-state index in [4.69, 9.17) is 0 Å². The van der Waals surface area contributed by atoms with Crippen LogP contribution in [0.1, 0.15) is 16.7 Å². The highest BCUT2D eigenvalue weighted by Gasteiger charge is 2.39. The maximum atomic E-state index is 2.26. The van der Waals surface area contributed by atoms with Gasteiger partial charge in [0.2, 0.25) is 0 Å². The molecule has 0 nitrogen and oxygen atoms in total. The van der Waals surface area contributed by atoms with E-state index in [-0.39, 0.29) is 4.75 Å². The summed E-state index contributed by atoms with van der Waals surface area (Å²) in [4.78, 5) is 1.33. The highest BCUT2D eigenvalue weighted by atomic mass is 32.2. The van der Waals surface area contributed by atoms with Gasteiger partial charge in [0.1, 0.15) is 0 Å². The molecule has 0 N–H and O–H groups in total. The van der Waals surface area contributed by atoms with Crippen molar-refractivity contribution in [2.75, 3.05) is 0 Å². The van der Waals surface area contributed by atoms with Crippen LogP contribution in [0.5, 0.6) is 0 Å². The van der Waals surface area contributed by atoms with Crippen LogP contribution in [0.2, 0.25) is 0 Å². The Kier molecular flexibility index (Phi) is 2.68. The van der Waals surface area contributed by atoms with Crippen LogP contribution in [0.25, 0.3) is 0 Å². The lowest BCUT2D eigenvalue weighted by atomic mass is 9.83. The van der Waals surface area contributed by atoms with Crippen molar-refractivity contribution >= 4 is 11.8 Å². The predicted molar refractivity (Wildman–Crippen MR) is 85.1 cm³/mol. The number of benzene rings is 3. The zero-order valence-corrected chi connectivity index (χ0v) is 11.8. The summed E-state index contributed by atoms with van der Waals surface area (Å²) in [5, 5.41) is 0. The molecule has 3 aromatic rings. The van der Waals surface area contributed by atoms with E-state index in [1.807, 2.05) is 11.8 Å². The van der Waals surface area contributed by atoms with Gasteiger partial charge in [-0.1, -0.05) is 72.8 Å². The Morgan fingerprint density at radius 1 is 0.500 bits per heavy atom.